The summed E-state index contributed by atoms with van der Waals surface area (Å²) >= 11 is 6.00. The lowest BCUT2D eigenvalue weighted by atomic mass is 9.74. The molecule has 0 aliphatic carbocycles. The summed E-state index contributed by atoms with van der Waals surface area (Å²) in [5.74, 6) is -2.15. The maximum absolute atomic E-state index is 14.1. The van der Waals surface area contributed by atoms with Gasteiger partial charge in [-0.2, -0.15) is 0 Å². The van der Waals surface area contributed by atoms with E-state index < -0.39 is 35.0 Å². The number of benzene rings is 2. The summed E-state index contributed by atoms with van der Waals surface area (Å²) in [5.41, 5.74) is -2.54. The van der Waals surface area contributed by atoms with Gasteiger partial charge in [0, 0.05) is 17.0 Å². The van der Waals surface area contributed by atoms with Crippen LogP contribution in [-0.2, 0) is 17.6 Å². The van der Waals surface area contributed by atoms with Crippen LogP contribution in [0.4, 0.5) is 8.78 Å². The number of hydrogen-bond donors (Lipinski definition) is 2. The highest BCUT2D eigenvalue weighted by Gasteiger charge is 2.42. The number of methoxy groups -OCH3 is 1. The molecular formula is C21H23ClF2O4. The molecular weight excluding hydrogens is 390 g/mol. The van der Waals surface area contributed by atoms with Crippen molar-refractivity contribution in [2.45, 2.75) is 38.7 Å². The number of carboxylic acids is 1. The third kappa shape index (κ3) is 5.20. The molecule has 0 aromatic heterocycles. The van der Waals surface area contributed by atoms with E-state index in [2.05, 4.69) is 0 Å². The van der Waals surface area contributed by atoms with Crippen LogP contribution in [0.25, 0.3) is 0 Å². The van der Waals surface area contributed by atoms with Crippen LogP contribution in [0.3, 0.4) is 0 Å². The average molecular weight is 413 g/mol. The van der Waals surface area contributed by atoms with Crippen LogP contribution in [0.15, 0.2) is 36.4 Å². The number of hydrogen-bond acceptors (Lipinski definition) is 3. The predicted octanol–water partition coefficient (Wildman–Crippen LogP) is 4.64. The summed E-state index contributed by atoms with van der Waals surface area (Å²) in [6, 6.07) is 8.07. The summed E-state index contributed by atoms with van der Waals surface area (Å²) in [6.07, 6.45) is -0.453. The van der Waals surface area contributed by atoms with Gasteiger partial charge in [0.2, 0.25) is 0 Å². The first-order valence-electron chi connectivity index (χ1n) is 8.68. The van der Waals surface area contributed by atoms with Crippen LogP contribution in [0.2, 0.25) is 5.02 Å². The van der Waals surface area contributed by atoms with Crippen LogP contribution in [-0.4, -0.2) is 28.9 Å². The Morgan fingerprint density at radius 3 is 2.43 bits per heavy atom. The summed E-state index contributed by atoms with van der Waals surface area (Å²) in [4.78, 5) is 11.9. The molecule has 152 valence electrons. The zero-order valence-electron chi connectivity index (χ0n) is 15.9. The first-order chi connectivity index (χ1) is 13.0. The second-order valence-electron chi connectivity index (χ2n) is 7.69. The Bertz CT molecular complexity index is 849. The van der Waals surface area contributed by atoms with Gasteiger partial charge >= 0.3 is 5.97 Å². The molecule has 2 aromatic carbocycles. The highest BCUT2D eigenvalue weighted by atomic mass is 35.5. The highest BCUT2D eigenvalue weighted by Crippen LogP contribution is 2.37. The van der Waals surface area contributed by atoms with Gasteiger partial charge in [-0.05, 0) is 54.2 Å². The van der Waals surface area contributed by atoms with Gasteiger partial charge in [0.05, 0.1) is 7.11 Å². The van der Waals surface area contributed by atoms with Gasteiger partial charge < -0.3 is 14.9 Å². The molecule has 0 aliphatic heterocycles. The van der Waals surface area contributed by atoms with E-state index >= 15 is 0 Å². The molecule has 2 N–H and O–H groups in total. The summed E-state index contributed by atoms with van der Waals surface area (Å²) in [7, 11) is 1.46. The van der Waals surface area contributed by atoms with Crippen molar-refractivity contribution in [2.24, 2.45) is 5.41 Å². The highest BCUT2D eigenvalue weighted by molar-refractivity contribution is 6.31. The molecule has 0 radical (unpaired) electrons. The molecule has 0 saturated heterocycles. The number of carboxylic acid groups (broad SMARTS) is 1. The van der Waals surface area contributed by atoms with Crippen molar-refractivity contribution in [2.75, 3.05) is 7.11 Å². The summed E-state index contributed by atoms with van der Waals surface area (Å²) in [5, 5.41) is 20.6. The van der Waals surface area contributed by atoms with Crippen molar-refractivity contribution in [1.29, 1.82) is 0 Å². The third-order valence-corrected chi connectivity index (χ3v) is 4.97. The monoisotopic (exact) mass is 412 g/mol. The Morgan fingerprint density at radius 1 is 1.18 bits per heavy atom. The molecule has 0 aliphatic rings. The normalized spacial score (nSPS) is 13.8. The van der Waals surface area contributed by atoms with Gasteiger partial charge in [-0.1, -0.05) is 31.5 Å². The predicted molar refractivity (Wildman–Crippen MR) is 103 cm³/mol. The van der Waals surface area contributed by atoms with Gasteiger partial charge in [0.25, 0.3) is 0 Å². The van der Waals surface area contributed by atoms with Crippen LogP contribution in [0.1, 0.15) is 31.4 Å². The number of aliphatic hydroxyl groups is 1. The average Bonchev–Trinajstić information content (AvgIpc) is 2.57. The number of ether oxygens (including phenoxy) is 1. The van der Waals surface area contributed by atoms with Crippen LogP contribution in [0.5, 0.6) is 5.75 Å². The SMILES string of the molecule is COc1ccc(F)cc1CC(C)(C)CC(O)(Cc1c(F)cccc1Cl)C(=O)O. The number of carbonyl (C=O) groups is 1. The first-order valence-corrected chi connectivity index (χ1v) is 9.06. The van der Waals surface area contributed by atoms with Crippen molar-refractivity contribution < 1.29 is 28.5 Å². The molecule has 0 amide bonds. The molecule has 0 spiro atoms. The summed E-state index contributed by atoms with van der Waals surface area (Å²) in [6.45, 7) is 3.49. The van der Waals surface area contributed by atoms with Crippen LogP contribution in [0, 0.1) is 17.0 Å². The molecule has 0 bridgehead atoms. The van der Waals surface area contributed by atoms with Gasteiger partial charge in [-0.3, -0.25) is 0 Å². The zero-order valence-corrected chi connectivity index (χ0v) is 16.7. The topological polar surface area (TPSA) is 66.8 Å². The minimum Gasteiger partial charge on any atom is -0.496 e. The fraction of sp³-hybridized carbons (Fsp3) is 0.381. The van der Waals surface area contributed by atoms with Crippen LogP contribution < -0.4 is 4.74 Å². The van der Waals surface area contributed by atoms with E-state index in [4.69, 9.17) is 16.3 Å². The Hall–Kier alpha value is -2.18. The Labute approximate surface area is 167 Å². The number of rotatable bonds is 8. The molecule has 4 nitrogen and oxygen atoms in total. The quantitative estimate of drug-likeness (QED) is 0.662. The Kier molecular flexibility index (Phi) is 6.67. The maximum atomic E-state index is 14.1. The Balaban J connectivity index is 2.32. The van der Waals surface area contributed by atoms with E-state index in [9.17, 15) is 23.8 Å². The lowest BCUT2D eigenvalue weighted by Gasteiger charge is -2.34. The van der Waals surface area contributed by atoms with Gasteiger partial charge in [-0.25, -0.2) is 13.6 Å². The maximum Gasteiger partial charge on any atom is 0.336 e. The number of aliphatic carboxylic acids is 1. The molecule has 0 saturated carbocycles. The second kappa shape index (κ2) is 8.45. The largest absolute Gasteiger partial charge is 0.496 e. The van der Waals surface area contributed by atoms with Crippen molar-refractivity contribution in [3.8, 4) is 5.75 Å². The van der Waals surface area contributed by atoms with E-state index in [-0.39, 0.29) is 23.4 Å². The van der Waals surface area contributed by atoms with Gasteiger partial charge in [-0.15, -0.1) is 0 Å². The molecule has 7 heteroatoms. The minimum atomic E-state index is -2.25. The lowest BCUT2D eigenvalue weighted by molar-refractivity contribution is -0.162. The van der Waals surface area contributed by atoms with E-state index in [1.54, 1.807) is 13.8 Å². The summed E-state index contributed by atoms with van der Waals surface area (Å²) < 4.78 is 33.0. The fourth-order valence-electron chi connectivity index (χ4n) is 3.46. The minimum absolute atomic E-state index is 0.0456. The van der Waals surface area contributed by atoms with Crippen LogP contribution >= 0.6 is 11.6 Å². The molecule has 1 unspecified atom stereocenters. The van der Waals surface area contributed by atoms with Crippen molar-refractivity contribution in [3.05, 3.63) is 64.2 Å². The van der Waals surface area contributed by atoms with E-state index in [0.717, 1.165) is 6.07 Å². The van der Waals surface area contributed by atoms with E-state index in [0.29, 0.717) is 11.3 Å². The van der Waals surface area contributed by atoms with Crippen molar-refractivity contribution >= 4 is 17.6 Å². The van der Waals surface area contributed by atoms with Crippen molar-refractivity contribution in [3.63, 3.8) is 0 Å². The molecule has 1 atom stereocenters. The van der Waals surface area contributed by atoms with Gasteiger partial charge in [0.1, 0.15) is 17.4 Å². The second-order valence-corrected chi connectivity index (χ2v) is 8.09. The molecule has 0 heterocycles. The molecule has 28 heavy (non-hydrogen) atoms. The smallest absolute Gasteiger partial charge is 0.336 e. The zero-order chi connectivity index (χ0) is 21.1. The molecule has 2 aromatic rings. The standard InChI is InChI=1S/C21H23ClF2O4/c1-20(2,10-13-9-14(23)7-8-18(13)28-3)12-21(27,19(25)26)11-15-16(22)5-4-6-17(15)24/h4-9,27H,10-12H2,1-3H3,(H,25,26). The number of halogens is 3. The van der Waals surface area contributed by atoms with Gasteiger partial charge in [0.15, 0.2) is 5.60 Å². The molecule has 0 fully saturated rings. The first kappa shape index (κ1) is 22.1. The van der Waals surface area contributed by atoms with E-state index in [1.807, 2.05) is 0 Å². The van der Waals surface area contributed by atoms with Crippen molar-refractivity contribution in [1.82, 2.24) is 0 Å². The Morgan fingerprint density at radius 2 is 1.86 bits per heavy atom. The lowest BCUT2D eigenvalue weighted by Crippen LogP contribution is -2.45. The fourth-order valence-corrected chi connectivity index (χ4v) is 3.69. The van der Waals surface area contributed by atoms with E-state index in [1.165, 1.54) is 37.4 Å². The molecule has 2 rings (SSSR count). The third-order valence-electron chi connectivity index (χ3n) is 4.61.